The lowest BCUT2D eigenvalue weighted by molar-refractivity contribution is -0.384. The normalized spacial score (nSPS) is 15.3. The summed E-state index contributed by atoms with van der Waals surface area (Å²) in [6.45, 7) is 4.45. The molecule has 35 heavy (non-hydrogen) atoms. The van der Waals surface area contributed by atoms with Crippen molar-refractivity contribution in [2.45, 2.75) is 37.0 Å². The first-order chi connectivity index (χ1) is 16.7. The number of rotatable bonds is 9. The predicted molar refractivity (Wildman–Crippen MR) is 139 cm³/mol. The summed E-state index contributed by atoms with van der Waals surface area (Å²) < 4.78 is 27.9. The van der Waals surface area contributed by atoms with Gasteiger partial charge in [-0.05, 0) is 76.5 Å². The highest BCUT2D eigenvalue weighted by Gasteiger charge is 2.29. The van der Waals surface area contributed by atoms with E-state index in [1.807, 2.05) is 36.0 Å². The van der Waals surface area contributed by atoms with E-state index in [2.05, 4.69) is 28.8 Å². The number of nitrogens with one attached hydrogen (secondary N) is 2. The van der Waals surface area contributed by atoms with Crippen molar-refractivity contribution in [3.8, 4) is 0 Å². The zero-order chi connectivity index (χ0) is 25.2. The number of benzene rings is 2. The number of hydrogen-bond donors (Lipinski definition) is 2. The number of aryl methyl sites for hydroxylation is 1. The largest absolute Gasteiger partial charge is 0.366 e. The fraction of sp³-hybridized carbons (Fsp3) is 0.440. The zero-order valence-corrected chi connectivity index (χ0v) is 21.3. The Hall–Kier alpha value is -2.95. The molecule has 3 aromatic rings. The monoisotopic (exact) mass is 499 g/mol. The van der Waals surface area contributed by atoms with E-state index in [4.69, 9.17) is 0 Å². The van der Waals surface area contributed by atoms with Crippen LogP contribution in [0.5, 0.6) is 0 Å². The number of fused-ring (bicyclic) bond motifs is 1. The van der Waals surface area contributed by atoms with Crippen molar-refractivity contribution in [1.82, 2.24) is 14.6 Å². The third-order valence-electron chi connectivity index (χ3n) is 6.72. The second-order valence-electron chi connectivity index (χ2n) is 9.43. The van der Waals surface area contributed by atoms with E-state index in [0.29, 0.717) is 31.1 Å². The van der Waals surface area contributed by atoms with Gasteiger partial charge in [-0.3, -0.25) is 10.1 Å². The molecule has 0 unspecified atom stereocenters. The van der Waals surface area contributed by atoms with E-state index in [0.717, 1.165) is 24.9 Å². The molecule has 10 heteroatoms. The predicted octanol–water partition coefficient (Wildman–Crippen LogP) is 4.00. The molecule has 0 spiro atoms. The first kappa shape index (κ1) is 25.2. The fourth-order valence-electron chi connectivity index (χ4n) is 5.00. The SMILES string of the molecule is Cc1[nH]c2ccccc2c1C1CCN(c2ccc(S(=O)(=O)NCCCN(C)C)cc2[N+](=O)[O-])CC1. The van der Waals surface area contributed by atoms with Gasteiger partial charge < -0.3 is 14.8 Å². The number of aromatic nitrogens is 1. The standard InChI is InChI=1S/C25H33N5O4S/c1-18-25(21-7-4-5-8-22(21)27-18)19-11-15-29(16-12-19)23-10-9-20(17-24(23)30(31)32)35(33,34)26-13-6-14-28(2)3/h4-5,7-10,17,19,26-27H,6,11-16H2,1-3H3. The van der Waals surface area contributed by atoms with Crippen molar-refractivity contribution >= 4 is 32.3 Å². The van der Waals surface area contributed by atoms with Gasteiger partial charge >= 0.3 is 0 Å². The van der Waals surface area contributed by atoms with Crippen LogP contribution >= 0.6 is 0 Å². The van der Waals surface area contributed by atoms with Gasteiger partial charge in [-0.2, -0.15) is 0 Å². The molecule has 1 aliphatic heterocycles. The number of nitro benzene ring substituents is 1. The number of hydrogen-bond acceptors (Lipinski definition) is 6. The second-order valence-corrected chi connectivity index (χ2v) is 11.2. The van der Waals surface area contributed by atoms with Crippen molar-refractivity contribution in [1.29, 1.82) is 0 Å². The summed E-state index contributed by atoms with van der Waals surface area (Å²) >= 11 is 0. The summed E-state index contributed by atoms with van der Waals surface area (Å²) in [4.78, 5) is 18.7. The molecule has 1 aliphatic rings. The van der Waals surface area contributed by atoms with Crippen LogP contribution in [-0.4, -0.2) is 63.5 Å². The smallest absolute Gasteiger partial charge is 0.293 e. The molecule has 0 atom stereocenters. The average Bonchev–Trinajstić information content (AvgIpc) is 3.17. The minimum atomic E-state index is -3.82. The third-order valence-corrected chi connectivity index (χ3v) is 8.17. The van der Waals surface area contributed by atoms with E-state index in [1.54, 1.807) is 6.07 Å². The van der Waals surface area contributed by atoms with E-state index >= 15 is 0 Å². The number of sulfonamides is 1. The third kappa shape index (κ3) is 5.50. The molecular weight excluding hydrogens is 466 g/mol. The number of para-hydroxylation sites is 1. The molecular formula is C25H33N5O4S. The van der Waals surface area contributed by atoms with Crippen molar-refractivity contribution in [3.05, 3.63) is 63.8 Å². The zero-order valence-electron chi connectivity index (χ0n) is 20.5. The van der Waals surface area contributed by atoms with Crippen LogP contribution in [0.2, 0.25) is 0 Å². The van der Waals surface area contributed by atoms with Crippen molar-refractivity contribution < 1.29 is 13.3 Å². The highest BCUT2D eigenvalue weighted by Crippen LogP contribution is 2.39. The minimum absolute atomic E-state index is 0.0814. The lowest BCUT2D eigenvalue weighted by atomic mass is 9.87. The van der Waals surface area contributed by atoms with Crippen LogP contribution in [0.15, 0.2) is 47.4 Å². The van der Waals surface area contributed by atoms with Gasteiger partial charge in [-0.15, -0.1) is 0 Å². The Morgan fingerprint density at radius 3 is 2.57 bits per heavy atom. The Balaban J connectivity index is 1.49. The fourth-order valence-corrected chi connectivity index (χ4v) is 6.10. The van der Waals surface area contributed by atoms with Crippen molar-refractivity contribution in [2.24, 2.45) is 0 Å². The van der Waals surface area contributed by atoms with E-state index in [9.17, 15) is 18.5 Å². The highest BCUT2D eigenvalue weighted by molar-refractivity contribution is 7.89. The number of piperidine rings is 1. The Morgan fingerprint density at radius 1 is 1.17 bits per heavy atom. The average molecular weight is 500 g/mol. The van der Waals surface area contributed by atoms with Gasteiger partial charge in [0.05, 0.1) is 9.82 Å². The number of aromatic amines is 1. The van der Waals surface area contributed by atoms with Gasteiger partial charge in [0.2, 0.25) is 10.0 Å². The van der Waals surface area contributed by atoms with E-state index < -0.39 is 14.9 Å². The Kier molecular flexibility index (Phi) is 7.44. The molecule has 9 nitrogen and oxygen atoms in total. The van der Waals surface area contributed by atoms with Gasteiger partial charge in [-0.1, -0.05) is 18.2 Å². The lowest BCUT2D eigenvalue weighted by Gasteiger charge is -2.33. The van der Waals surface area contributed by atoms with Crippen LogP contribution in [0.25, 0.3) is 10.9 Å². The Bertz CT molecular complexity index is 1310. The van der Waals surface area contributed by atoms with Crippen LogP contribution in [0.3, 0.4) is 0 Å². The Morgan fingerprint density at radius 2 is 1.89 bits per heavy atom. The number of nitro groups is 1. The number of anilines is 1. The first-order valence-electron chi connectivity index (χ1n) is 11.9. The van der Waals surface area contributed by atoms with E-state index in [-0.39, 0.29) is 17.1 Å². The summed E-state index contributed by atoms with van der Waals surface area (Å²) in [5.41, 5.74) is 3.92. The molecule has 0 bridgehead atoms. The van der Waals surface area contributed by atoms with Gasteiger partial charge in [0.1, 0.15) is 5.69 Å². The molecule has 0 radical (unpaired) electrons. The summed E-state index contributed by atoms with van der Waals surface area (Å²) in [6, 6.07) is 12.5. The molecule has 2 N–H and O–H groups in total. The maximum Gasteiger partial charge on any atom is 0.293 e. The van der Waals surface area contributed by atoms with Crippen LogP contribution < -0.4 is 9.62 Å². The van der Waals surface area contributed by atoms with Gasteiger partial charge in [0.25, 0.3) is 5.69 Å². The molecule has 0 amide bonds. The molecule has 188 valence electrons. The highest BCUT2D eigenvalue weighted by atomic mass is 32.2. The van der Waals surface area contributed by atoms with Gasteiger partial charge in [0.15, 0.2) is 0 Å². The lowest BCUT2D eigenvalue weighted by Crippen LogP contribution is -2.33. The van der Waals surface area contributed by atoms with Crippen LogP contribution in [0.4, 0.5) is 11.4 Å². The summed E-state index contributed by atoms with van der Waals surface area (Å²) in [5, 5.41) is 13.1. The molecule has 2 aromatic carbocycles. The molecule has 1 aromatic heterocycles. The molecule has 4 rings (SSSR count). The van der Waals surface area contributed by atoms with Crippen molar-refractivity contribution in [2.75, 3.05) is 45.2 Å². The summed E-state index contributed by atoms with van der Waals surface area (Å²) in [5.74, 6) is 0.368. The topological polar surface area (TPSA) is 112 Å². The van der Waals surface area contributed by atoms with Crippen LogP contribution in [0.1, 0.15) is 36.4 Å². The molecule has 0 aliphatic carbocycles. The molecule has 1 fully saturated rings. The Labute approximate surface area is 206 Å². The summed E-state index contributed by atoms with van der Waals surface area (Å²) in [7, 11) is 0.0148. The number of nitrogens with zero attached hydrogens (tertiary/aromatic N) is 3. The molecule has 1 saturated heterocycles. The van der Waals surface area contributed by atoms with Gasteiger partial charge in [-0.25, -0.2) is 13.1 Å². The quantitative estimate of drug-likeness (QED) is 0.262. The maximum absolute atomic E-state index is 12.7. The number of H-pyrrole nitrogens is 1. The second kappa shape index (κ2) is 10.3. The molecule has 0 saturated carbocycles. The van der Waals surface area contributed by atoms with Crippen LogP contribution in [0, 0.1) is 17.0 Å². The van der Waals surface area contributed by atoms with E-state index in [1.165, 1.54) is 28.8 Å². The first-order valence-corrected chi connectivity index (χ1v) is 13.4. The van der Waals surface area contributed by atoms with Crippen molar-refractivity contribution in [3.63, 3.8) is 0 Å². The maximum atomic E-state index is 12.7. The summed E-state index contributed by atoms with van der Waals surface area (Å²) in [6.07, 6.45) is 2.39. The van der Waals surface area contributed by atoms with Crippen LogP contribution in [-0.2, 0) is 10.0 Å². The van der Waals surface area contributed by atoms with Gasteiger partial charge in [0, 0.05) is 42.3 Å². The molecule has 2 heterocycles. The minimum Gasteiger partial charge on any atom is -0.366 e.